The number of piperidine rings is 1. The van der Waals surface area contributed by atoms with Crippen LogP contribution in [0.3, 0.4) is 0 Å². The number of ether oxygens (including phenoxy) is 2. The van der Waals surface area contributed by atoms with Crippen LogP contribution in [0.5, 0.6) is 0 Å². The highest BCUT2D eigenvalue weighted by Gasteiger charge is 2.35. The van der Waals surface area contributed by atoms with Crippen molar-refractivity contribution in [2.45, 2.75) is 58.7 Å². The molecule has 0 aromatic rings. The second-order valence-corrected chi connectivity index (χ2v) is 6.57. The lowest BCUT2D eigenvalue weighted by molar-refractivity contribution is -0.0557. The first-order valence-electron chi connectivity index (χ1n) is 6.69. The molecule has 0 saturated carbocycles. The number of nitrogens with zero attached hydrogens (tertiary/aromatic N) is 1. The smallest absolute Gasteiger partial charge is 0.410 e. The average molecular weight is 257 g/mol. The van der Waals surface area contributed by atoms with Gasteiger partial charge in [0.2, 0.25) is 0 Å². The largest absolute Gasteiger partial charge is 0.444 e. The van der Waals surface area contributed by atoms with Gasteiger partial charge in [0.25, 0.3) is 0 Å². The van der Waals surface area contributed by atoms with E-state index in [-0.39, 0.29) is 11.7 Å². The maximum absolute atomic E-state index is 12.0. The minimum Gasteiger partial charge on any atom is -0.444 e. The van der Waals surface area contributed by atoms with Gasteiger partial charge in [-0.15, -0.1) is 0 Å². The van der Waals surface area contributed by atoms with Crippen LogP contribution in [0.15, 0.2) is 0 Å². The van der Waals surface area contributed by atoms with Crippen LogP contribution in [0.2, 0.25) is 0 Å². The van der Waals surface area contributed by atoms with Crippen molar-refractivity contribution in [2.75, 3.05) is 20.2 Å². The molecule has 0 aliphatic carbocycles. The van der Waals surface area contributed by atoms with Crippen LogP contribution in [-0.4, -0.2) is 42.4 Å². The minimum absolute atomic E-state index is 0.194. The second kappa shape index (κ2) is 5.47. The van der Waals surface area contributed by atoms with Gasteiger partial charge in [0.1, 0.15) is 5.60 Å². The predicted octanol–water partition coefficient (Wildman–Crippen LogP) is 3.06. The van der Waals surface area contributed by atoms with E-state index >= 15 is 0 Å². The fourth-order valence-electron chi connectivity index (χ4n) is 2.20. The van der Waals surface area contributed by atoms with Gasteiger partial charge in [-0.25, -0.2) is 4.79 Å². The molecule has 0 spiro atoms. The summed E-state index contributed by atoms with van der Waals surface area (Å²) in [7, 11) is 1.73. The third-order valence-electron chi connectivity index (χ3n) is 3.58. The predicted molar refractivity (Wildman–Crippen MR) is 71.6 cm³/mol. The van der Waals surface area contributed by atoms with E-state index in [1.165, 1.54) is 0 Å². The molecule has 0 aromatic carbocycles. The van der Waals surface area contributed by atoms with Gasteiger partial charge in [0.15, 0.2) is 0 Å². The van der Waals surface area contributed by atoms with Gasteiger partial charge in [-0.05, 0) is 47.5 Å². The van der Waals surface area contributed by atoms with Crippen LogP contribution < -0.4 is 0 Å². The van der Waals surface area contributed by atoms with E-state index in [1.807, 2.05) is 20.8 Å². The first-order chi connectivity index (χ1) is 8.15. The molecular weight excluding hydrogens is 230 g/mol. The van der Waals surface area contributed by atoms with E-state index in [2.05, 4.69) is 13.8 Å². The summed E-state index contributed by atoms with van der Waals surface area (Å²) in [5.74, 6) is 0.365. The van der Waals surface area contributed by atoms with Crippen molar-refractivity contribution in [2.24, 2.45) is 5.92 Å². The van der Waals surface area contributed by atoms with Gasteiger partial charge in [0, 0.05) is 26.1 Å². The lowest BCUT2D eigenvalue weighted by Crippen LogP contribution is -2.48. The number of likely N-dealkylation sites (tertiary alicyclic amines) is 1. The van der Waals surface area contributed by atoms with Crippen molar-refractivity contribution in [1.29, 1.82) is 0 Å². The summed E-state index contributed by atoms with van der Waals surface area (Å²) in [5.41, 5.74) is -0.624. The summed E-state index contributed by atoms with van der Waals surface area (Å²) < 4.78 is 10.9. The zero-order valence-corrected chi connectivity index (χ0v) is 12.6. The fourth-order valence-corrected chi connectivity index (χ4v) is 2.20. The molecule has 1 rings (SSSR count). The Kier molecular flexibility index (Phi) is 4.65. The van der Waals surface area contributed by atoms with Crippen LogP contribution in [0, 0.1) is 5.92 Å². The standard InChI is InChI=1S/C14H27NO3/c1-13(2,3)18-12(16)15-9-7-8-11(10-15)14(4,5)17-6/h11H,7-10H2,1-6H3. The lowest BCUT2D eigenvalue weighted by atomic mass is 9.84. The van der Waals surface area contributed by atoms with E-state index < -0.39 is 5.60 Å². The Morgan fingerprint density at radius 2 is 1.83 bits per heavy atom. The molecule has 1 aliphatic rings. The van der Waals surface area contributed by atoms with E-state index in [1.54, 1.807) is 12.0 Å². The molecule has 1 aliphatic heterocycles. The van der Waals surface area contributed by atoms with Gasteiger partial charge in [-0.3, -0.25) is 0 Å². The summed E-state index contributed by atoms with van der Waals surface area (Å²) in [6, 6.07) is 0. The molecule has 1 unspecified atom stereocenters. The fraction of sp³-hybridized carbons (Fsp3) is 0.929. The van der Waals surface area contributed by atoms with Gasteiger partial charge in [0.05, 0.1) is 5.60 Å². The highest BCUT2D eigenvalue weighted by atomic mass is 16.6. The average Bonchev–Trinajstić information content (AvgIpc) is 2.27. The van der Waals surface area contributed by atoms with Crippen molar-refractivity contribution in [3.63, 3.8) is 0 Å². The molecule has 106 valence electrons. The monoisotopic (exact) mass is 257 g/mol. The van der Waals surface area contributed by atoms with Gasteiger partial charge in [-0.2, -0.15) is 0 Å². The van der Waals surface area contributed by atoms with Crippen molar-refractivity contribution in [3.8, 4) is 0 Å². The SMILES string of the molecule is COC(C)(C)C1CCCN(C(=O)OC(C)(C)C)C1. The van der Waals surface area contributed by atoms with Crippen molar-refractivity contribution < 1.29 is 14.3 Å². The molecule has 1 atom stereocenters. The van der Waals surface area contributed by atoms with Crippen LogP contribution in [-0.2, 0) is 9.47 Å². The molecule has 0 bridgehead atoms. The Hall–Kier alpha value is -0.770. The maximum atomic E-state index is 12.0. The molecule has 4 heteroatoms. The lowest BCUT2D eigenvalue weighted by Gasteiger charge is -2.40. The van der Waals surface area contributed by atoms with E-state index in [9.17, 15) is 4.79 Å². The number of hydrogen-bond donors (Lipinski definition) is 0. The molecule has 0 N–H and O–H groups in total. The maximum Gasteiger partial charge on any atom is 0.410 e. The van der Waals surface area contributed by atoms with E-state index in [4.69, 9.17) is 9.47 Å². The number of carbonyl (C=O) groups is 1. The van der Waals surface area contributed by atoms with Gasteiger partial charge in [-0.1, -0.05) is 0 Å². The van der Waals surface area contributed by atoms with Crippen molar-refractivity contribution in [3.05, 3.63) is 0 Å². The Balaban J connectivity index is 2.61. The zero-order valence-electron chi connectivity index (χ0n) is 12.6. The van der Waals surface area contributed by atoms with Crippen LogP contribution in [0.25, 0.3) is 0 Å². The van der Waals surface area contributed by atoms with Gasteiger partial charge < -0.3 is 14.4 Å². The van der Waals surface area contributed by atoms with Crippen LogP contribution >= 0.6 is 0 Å². The highest BCUT2D eigenvalue weighted by Crippen LogP contribution is 2.30. The Morgan fingerprint density at radius 3 is 2.33 bits per heavy atom. The highest BCUT2D eigenvalue weighted by molar-refractivity contribution is 5.68. The molecule has 18 heavy (non-hydrogen) atoms. The van der Waals surface area contributed by atoms with E-state index in [0.29, 0.717) is 5.92 Å². The topological polar surface area (TPSA) is 38.8 Å². The number of rotatable bonds is 2. The number of hydrogen-bond acceptors (Lipinski definition) is 3. The van der Waals surface area contributed by atoms with Crippen LogP contribution in [0.1, 0.15) is 47.5 Å². The molecule has 0 aromatic heterocycles. The third-order valence-corrected chi connectivity index (χ3v) is 3.58. The summed E-state index contributed by atoms with van der Waals surface area (Å²) in [6.45, 7) is 11.3. The molecule has 1 heterocycles. The molecule has 1 saturated heterocycles. The number of methoxy groups -OCH3 is 1. The minimum atomic E-state index is -0.430. The second-order valence-electron chi connectivity index (χ2n) is 6.57. The third kappa shape index (κ3) is 4.16. The molecule has 0 radical (unpaired) electrons. The first kappa shape index (κ1) is 15.3. The summed E-state index contributed by atoms with van der Waals surface area (Å²) in [6.07, 6.45) is 1.90. The summed E-state index contributed by atoms with van der Waals surface area (Å²) >= 11 is 0. The molecule has 1 fully saturated rings. The Morgan fingerprint density at radius 1 is 1.22 bits per heavy atom. The molecule has 4 nitrogen and oxygen atoms in total. The summed E-state index contributed by atoms with van der Waals surface area (Å²) in [4.78, 5) is 13.8. The first-order valence-corrected chi connectivity index (χ1v) is 6.69. The molecule has 1 amide bonds. The van der Waals surface area contributed by atoms with Crippen molar-refractivity contribution >= 4 is 6.09 Å². The Labute approximate surface area is 111 Å². The zero-order chi connectivity index (χ0) is 14.0. The van der Waals surface area contributed by atoms with Crippen LogP contribution in [0.4, 0.5) is 4.79 Å². The van der Waals surface area contributed by atoms with Crippen molar-refractivity contribution in [1.82, 2.24) is 4.90 Å². The summed E-state index contributed by atoms with van der Waals surface area (Å²) in [5, 5.41) is 0. The number of carbonyl (C=O) groups excluding carboxylic acids is 1. The Bertz CT molecular complexity index is 294. The molecular formula is C14H27NO3. The number of amides is 1. The van der Waals surface area contributed by atoms with E-state index in [0.717, 1.165) is 25.9 Å². The normalized spacial score (nSPS) is 21.9. The van der Waals surface area contributed by atoms with Gasteiger partial charge >= 0.3 is 6.09 Å². The quantitative estimate of drug-likeness (QED) is 0.763.